The Morgan fingerprint density at radius 3 is 2.57 bits per heavy atom. The first-order chi connectivity index (χ1) is 14.1. The molecule has 0 bridgehead atoms. The largest absolute Gasteiger partial charge is 0.421 e. The van der Waals surface area contributed by atoms with Gasteiger partial charge in [-0.25, -0.2) is 0 Å². The first-order valence-corrected chi connectivity index (χ1v) is 10.8. The third kappa shape index (κ3) is 5.35. The molecule has 0 saturated carbocycles. The van der Waals surface area contributed by atoms with E-state index in [0.29, 0.717) is 42.0 Å². The van der Waals surface area contributed by atoms with Crippen LogP contribution in [-0.2, 0) is 11.2 Å². The van der Waals surface area contributed by atoms with Gasteiger partial charge in [-0.3, -0.25) is 9.78 Å². The highest BCUT2D eigenvalue weighted by molar-refractivity contribution is 5.81. The third-order valence-corrected chi connectivity index (χ3v) is 6.08. The van der Waals surface area contributed by atoms with Crippen molar-refractivity contribution in [3.63, 3.8) is 0 Å². The van der Waals surface area contributed by atoms with E-state index >= 15 is 0 Å². The van der Waals surface area contributed by atoms with Gasteiger partial charge in [-0.2, -0.15) is 0 Å². The number of nitrogens with one attached hydrogen (secondary N) is 1. The van der Waals surface area contributed by atoms with Gasteiger partial charge in [-0.05, 0) is 49.1 Å². The monoisotopic (exact) mass is 410 g/mol. The summed E-state index contributed by atoms with van der Waals surface area (Å²) in [4.78, 5) is 16.4. The van der Waals surface area contributed by atoms with Crippen molar-refractivity contribution in [1.82, 2.24) is 20.5 Å². The zero-order chi connectivity index (χ0) is 21.9. The molecule has 3 atom stereocenters. The van der Waals surface area contributed by atoms with Gasteiger partial charge in [-0.15, -0.1) is 10.2 Å². The number of carbonyl (C=O) groups excluding carboxylic acids is 1. The van der Waals surface area contributed by atoms with Crippen molar-refractivity contribution in [2.24, 2.45) is 29.1 Å². The summed E-state index contributed by atoms with van der Waals surface area (Å²) in [6, 6.07) is 3.74. The predicted molar refractivity (Wildman–Crippen MR) is 117 cm³/mol. The standard InChI is InChI=1S/C24H34N4O2/c1-15(2)20-12-18(16(3)11-19(20)14-26-23(29)24(4,5)6)13-21-27-28-22(30-21)17-7-9-25-10-8-17/h7-11,15,18-20H,12-14H2,1-6H3,(H,26,29). The second kappa shape index (κ2) is 9.11. The van der Waals surface area contributed by atoms with Crippen LogP contribution in [0.4, 0.5) is 0 Å². The number of hydrogen-bond donors (Lipinski definition) is 1. The highest BCUT2D eigenvalue weighted by atomic mass is 16.4. The van der Waals surface area contributed by atoms with Crippen LogP contribution < -0.4 is 5.32 Å². The van der Waals surface area contributed by atoms with Gasteiger partial charge >= 0.3 is 0 Å². The van der Waals surface area contributed by atoms with Crippen LogP contribution >= 0.6 is 0 Å². The average Bonchev–Trinajstić information content (AvgIpc) is 3.16. The molecule has 0 saturated heterocycles. The van der Waals surface area contributed by atoms with E-state index in [1.165, 1.54) is 5.57 Å². The van der Waals surface area contributed by atoms with Crippen molar-refractivity contribution in [1.29, 1.82) is 0 Å². The fraction of sp³-hybridized carbons (Fsp3) is 0.583. The molecule has 0 fully saturated rings. The number of amides is 1. The Balaban J connectivity index is 1.70. The van der Waals surface area contributed by atoms with E-state index in [1.54, 1.807) is 12.4 Å². The van der Waals surface area contributed by atoms with Gasteiger partial charge in [-0.1, -0.05) is 46.3 Å². The first kappa shape index (κ1) is 22.2. The second-order valence-corrected chi connectivity index (χ2v) is 9.82. The molecule has 3 unspecified atom stereocenters. The molecule has 0 aromatic carbocycles. The number of carbonyl (C=O) groups is 1. The maximum atomic E-state index is 12.3. The molecule has 0 spiro atoms. The van der Waals surface area contributed by atoms with E-state index in [4.69, 9.17) is 4.42 Å². The number of rotatable bonds is 6. The Kier molecular flexibility index (Phi) is 6.74. The lowest BCUT2D eigenvalue weighted by molar-refractivity contribution is -0.128. The van der Waals surface area contributed by atoms with Gasteiger partial charge in [0, 0.05) is 36.3 Å². The molecule has 3 rings (SSSR count). The molecule has 1 aliphatic rings. The fourth-order valence-electron chi connectivity index (χ4n) is 4.14. The highest BCUT2D eigenvalue weighted by Crippen LogP contribution is 2.39. The summed E-state index contributed by atoms with van der Waals surface area (Å²) in [5, 5.41) is 11.6. The summed E-state index contributed by atoms with van der Waals surface area (Å²) in [6.07, 6.45) is 7.59. The molecule has 162 valence electrons. The number of pyridine rings is 1. The van der Waals surface area contributed by atoms with Crippen LogP contribution in [0.5, 0.6) is 0 Å². The minimum Gasteiger partial charge on any atom is -0.421 e. The van der Waals surface area contributed by atoms with Crippen LogP contribution in [0.3, 0.4) is 0 Å². The normalized spacial score (nSPS) is 22.1. The minimum absolute atomic E-state index is 0.104. The zero-order valence-electron chi connectivity index (χ0n) is 19.0. The van der Waals surface area contributed by atoms with Crippen LogP contribution in [0.2, 0.25) is 0 Å². The summed E-state index contributed by atoms with van der Waals surface area (Å²) in [7, 11) is 0. The van der Waals surface area contributed by atoms with E-state index in [1.807, 2.05) is 32.9 Å². The van der Waals surface area contributed by atoms with E-state index in [0.717, 1.165) is 18.4 Å². The van der Waals surface area contributed by atoms with E-state index in [2.05, 4.69) is 47.3 Å². The van der Waals surface area contributed by atoms with Gasteiger partial charge in [0.15, 0.2) is 0 Å². The molecule has 0 radical (unpaired) electrons. The van der Waals surface area contributed by atoms with Crippen LogP contribution in [-0.4, -0.2) is 27.6 Å². The maximum Gasteiger partial charge on any atom is 0.247 e. The molecular weight excluding hydrogens is 376 g/mol. The zero-order valence-corrected chi connectivity index (χ0v) is 19.0. The van der Waals surface area contributed by atoms with Crippen molar-refractivity contribution in [3.8, 4) is 11.5 Å². The number of hydrogen-bond acceptors (Lipinski definition) is 5. The SMILES string of the molecule is CC1=CC(CNC(=O)C(C)(C)C)C(C(C)C)CC1Cc1nnc(-c2ccncc2)o1. The molecule has 1 aliphatic carbocycles. The molecule has 6 heteroatoms. The molecule has 1 amide bonds. The lowest BCUT2D eigenvalue weighted by Crippen LogP contribution is -2.41. The lowest BCUT2D eigenvalue weighted by Gasteiger charge is -2.37. The smallest absolute Gasteiger partial charge is 0.247 e. The Labute approximate surface area is 179 Å². The van der Waals surface area contributed by atoms with Gasteiger partial charge in [0.2, 0.25) is 17.7 Å². The van der Waals surface area contributed by atoms with Gasteiger partial charge in [0.05, 0.1) is 0 Å². The van der Waals surface area contributed by atoms with Crippen molar-refractivity contribution in [2.45, 2.75) is 54.4 Å². The molecule has 30 heavy (non-hydrogen) atoms. The average molecular weight is 411 g/mol. The molecule has 0 aliphatic heterocycles. The van der Waals surface area contributed by atoms with Gasteiger partial charge < -0.3 is 9.73 Å². The Morgan fingerprint density at radius 1 is 1.23 bits per heavy atom. The van der Waals surface area contributed by atoms with Crippen LogP contribution in [0.25, 0.3) is 11.5 Å². The molecule has 2 aromatic heterocycles. The van der Waals surface area contributed by atoms with E-state index < -0.39 is 0 Å². The molecule has 6 nitrogen and oxygen atoms in total. The number of aromatic nitrogens is 3. The van der Waals surface area contributed by atoms with Crippen molar-refractivity contribution < 1.29 is 9.21 Å². The summed E-state index contributed by atoms with van der Waals surface area (Å²) in [5.74, 6) is 3.06. The summed E-state index contributed by atoms with van der Waals surface area (Å²) in [6.45, 7) is 13.3. The number of allylic oxidation sites excluding steroid dienone is 1. The predicted octanol–water partition coefficient (Wildman–Crippen LogP) is 4.69. The van der Waals surface area contributed by atoms with Crippen molar-refractivity contribution in [2.75, 3.05) is 6.54 Å². The third-order valence-electron chi connectivity index (χ3n) is 6.08. The molecule has 1 N–H and O–H groups in total. The quantitative estimate of drug-likeness (QED) is 0.699. The fourth-order valence-corrected chi connectivity index (χ4v) is 4.14. The molecular formula is C24H34N4O2. The molecule has 2 heterocycles. The summed E-state index contributed by atoms with van der Waals surface area (Å²) in [5.41, 5.74) is 1.85. The van der Waals surface area contributed by atoms with E-state index in [9.17, 15) is 4.79 Å². The van der Waals surface area contributed by atoms with Crippen LogP contribution in [0.1, 0.15) is 53.9 Å². The molecule has 2 aromatic rings. The van der Waals surface area contributed by atoms with Crippen LogP contribution in [0.15, 0.2) is 40.6 Å². The highest BCUT2D eigenvalue weighted by Gasteiger charge is 2.33. The Morgan fingerprint density at radius 2 is 1.93 bits per heavy atom. The lowest BCUT2D eigenvalue weighted by atomic mass is 9.70. The minimum atomic E-state index is -0.367. The number of nitrogens with zero attached hydrogens (tertiary/aromatic N) is 3. The Bertz CT molecular complexity index is 880. The van der Waals surface area contributed by atoms with Gasteiger partial charge in [0.1, 0.15) is 0 Å². The van der Waals surface area contributed by atoms with Crippen molar-refractivity contribution >= 4 is 5.91 Å². The van der Waals surface area contributed by atoms with Crippen LogP contribution in [0, 0.1) is 29.1 Å². The first-order valence-electron chi connectivity index (χ1n) is 10.8. The topological polar surface area (TPSA) is 80.9 Å². The summed E-state index contributed by atoms with van der Waals surface area (Å²) < 4.78 is 5.93. The van der Waals surface area contributed by atoms with E-state index in [-0.39, 0.29) is 11.3 Å². The maximum absolute atomic E-state index is 12.3. The van der Waals surface area contributed by atoms with Gasteiger partial charge in [0.25, 0.3) is 0 Å². The Hall–Kier alpha value is -2.50. The summed E-state index contributed by atoms with van der Waals surface area (Å²) >= 11 is 0. The van der Waals surface area contributed by atoms with Crippen molar-refractivity contribution in [3.05, 3.63) is 42.1 Å². The second-order valence-electron chi connectivity index (χ2n) is 9.82.